The van der Waals surface area contributed by atoms with Crippen LogP contribution in [0.1, 0.15) is 12.5 Å². The van der Waals surface area contributed by atoms with Gasteiger partial charge in [0.05, 0.1) is 12.2 Å². The Bertz CT molecular complexity index is 555. The van der Waals surface area contributed by atoms with Gasteiger partial charge < -0.3 is 14.8 Å². The van der Waals surface area contributed by atoms with Gasteiger partial charge in [-0.15, -0.1) is 6.58 Å². The standard InChI is InChI=1S/C15H16F3NO4/c1-3-8-22-10(2)14(21)23-9-13(20)19-12-6-4-11(5-7-12)15(16,17)18/h3-7,10H,1,8-9H2,2H3,(H,19,20). The summed E-state index contributed by atoms with van der Waals surface area (Å²) in [5, 5.41) is 2.32. The van der Waals surface area contributed by atoms with E-state index < -0.39 is 36.3 Å². The minimum absolute atomic E-state index is 0.161. The maximum absolute atomic E-state index is 12.4. The van der Waals surface area contributed by atoms with Gasteiger partial charge in [-0.1, -0.05) is 6.08 Å². The molecule has 1 aromatic carbocycles. The molecule has 1 amide bonds. The summed E-state index contributed by atoms with van der Waals surface area (Å²) in [6.45, 7) is 4.47. The highest BCUT2D eigenvalue weighted by molar-refractivity contribution is 5.93. The second-order valence-electron chi connectivity index (χ2n) is 4.50. The molecule has 0 saturated heterocycles. The molecule has 0 aromatic heterocycles. The third kappa shape index (κ3) is 6.52. The molecule has 0 radical (unpaired) electrons. The van der Waals surface area contributed by atoms with Gasteiger partial charge in [-0.05, 0) is 31.2 Å². The van der Waals surface area contributed by atoms with Crippen LogP contribution in [0.3, 0.4) is 0 Å². The van der Waals surface area contributed by atoms with Crippen molar-refractivity contribution in [3.8, 4) is 0 Å². The monoisotopic (exact) mass is 331 g/mol. The Balaban J connectivity index is 2.45. The molecule has 0 saturated carbocycles. The van der Waals surface area contributed by atoms with Crippen LogP contribution in [0.25, 0.3) is 0 Å². The van der Waals surface area contributed by atoms with Gasteiger partial charge >= 0.3 is 12.1 Å². The number of hydrogen-bond donors (Lipinski definition) is 1. The number of rotatable bonds is 7. The van der Waals surface area contributed by atoms with Crippen molar-refractivity contribution in [3.63, 3.8) is 0 Å². The highest BCUT2D eigenvalue weighted by atomic mass is 19.4. The van der Waals surface area contributed by atoms with Crippen molar-refractivity contribution in [3.05, 3.63) is 42.5 Å². The highest BCUT2D eigenvalue weighted by Gasteiger charge is 2.30. The molecule has 0 fully saturated rings. The van der Waals surface area contributed by atoms with Gasteiger partial charge in [0.15, 0.2) is 12.7 Å². The quantitative estimate of drug-likeness (QED) is 0.616. The Morgan fingerprint density at radius 3 is 2.43 bits per heavy atom. The number of anilines is 1. The average molecular weight is 331 g/mol. The largest absolute Gasteiger partial charge is 0.454 e. The number of halogens is 3. The lowest BCUT2D eigenvalue weighted by Crippen LogP contribution is -2.28. The first-order valence-corrected chi connectivity index (χ1v) is 6.60. The second-order valence-corrected chi connectivity index (χ2v) is 4.50. The number of esters is 1. The fourth-order valence-electron chi connectivity index (χ4n) is 1.47. The van der Waals surface area contributed by atoms with Gasteiger partial charge in [0, 0.05) is 5.69 Å². The van der Waals surface area contributed by atoms with Crippen molar-refractivity contribution < 1.29 is 32.2 Å². The van der Waals surface area contributed by atoms with Crippen molar-refractivity contribution >= 4 is 17.6 Å². The number of alkyl halides is 3. The molecule has 8 heteroatoms. The molecule has 1 aromatic rings. The van der Waals surface area contributed by atoms with E-state index in [0.29, 0.717) is 0 Å². The number of hydrogen-bond acceptors (Lipinski definition) is 4. The van der Waals surface area contributed by atoms with Crippen LogP contribution in [-0.4, -0.2) is 31.2 Å². The zero-order valence-electron chi connectivity index (χ0n) is 12.4. The van der Waals surface area contributed by atoms with Crippen molar-refractivity contribution in [2.45, 2.75) is 19.2 Å². The third-order valence-corrected chi connectivity index (χ3v) is 2.64. The first-order valence-electron chi connectivity index (χ1n) is 6.60. The Hall–Kier alpha value is -2.35. The topological polar surface area (TPSA) is 64.6 Å². The molecule has 1 rings (SSSR count). The number of carbonyl (C=O) groups excluding carboxylic acids is 2. The second kappa shape index (κ2) is 8.33. The molecule has 1 N–H and O–H groups in total. The summed E-state index contributed by atoms with van der Waals surface area (Å²) in [6.07, 6.45) is -3.84. The van der Waals surface area contributed by atoms with Crippen LogP contribution in [0.15, 0.2) is 36.9 Å². The van der Waals surface area contributed by atoms with Crippen LogP contribution in [0.4, 0.5) is 18.9 Å². The summed E-state index contributed by atoms with van der Waals surface area (Å²) in [6, 6.07) is 3.90. The maximum atomic E-state index is 12.4. The first-order chi connectivity index (χ1) is 10.7. The fraction of sp³-hybridized carbons (Fsp3) is 0.333. The summed E-state index contributed by atoms with van der Waals surface area (Å²) in [4.78, 5) is 23.0. The molecule has 0 aliphatic rings. The van der Waals surface area contributed by atoms with Gasteiger partial charge in [0.1, 0.15) is 0 Å². The molecule has 0 spiro atoms. The van der Waals surface area contributed by atoms with E-state index in [-0.39, 0.29) is 12.3 Å². The Morgan fingerprint density at radius 2 is 1.91 bits per heavy atom. The minimum atomic E-state index is -4.44. The van der Waals surface area contributed by atoms with E-state index in [4.69, 9.17) is 9.47 Å². The smallest absolute Gasteiger partial charge is 0.416 e. The molecular weight excluding hydrogens is 315 g/mol. The lowest BCUT2D eigenvalue weighted by Gasteiger charge is -2.12. The van der Waals surface area contributed by atoms with Crippen LogP contribution in [-0.2, 0) is 25.2 Å². The molecular formula is C15H16F3NO4. The highest BCUT2D eigenvalue weighted by Crippen LogP contribution is 2.29. The van der Waals surface area contributed by atoms with E-state index in [1.165, 1.54) is 13.0 Å². The van der Waals surface area contributed by atoms with Crippen LogP contribution < -0.4 is 5.32 Å². The molecule has 1 atom stereocenters. The fourth-order valence-corrected chi connectivity index (χ4v) is 1.47. The van der Waals surface area contributed by atoms with Gasteiger partial charge in [-0.25, -0.2) is 4.79 Å². The van der Waals surface area contributed by atoms with Gasteiger partial charge in [0.2, 0.25) is 0 Å². The van der Waals surface area contributed by atoms with Crippen LogP contribution in [0.5, 0.6) is 0 Å². The number of nitrogens with one attached hydrogen (secondary N) is 1. The van der Waals surface area contributed by atoms with Crippen LogP contribution in [0.2, 0.25) is 0 Å². The summed E-state index contributed by atoms with van der Waals surface area (Å²) in [5.41, 5.74) is -0.662. The summed E-state index contributed by atoms with van der Waals surface area (Å²) < 4.78 is 46.9. The number of benzene rings is 1. The summed E-state index contributed by atoms with van der Waals surface area (Å²) in [7, 11) is 0. The van der Waals surface area contributed by atoms with E-state index in [1.54, 1.807) is 0 Å². The predicted molar refractivity (Wildman–Crippen MR) is 76.6 cm³/mol. The predicted octanol–water partition coefficient (Wildman–Crippen LogP) is 2.78. The Labute approximate surface area is 131 Å². The summed E-state index contributed by atoms with van der Waals surface area (Å²) >= 11 is 0. The molecule has 5 nitrogen and oxygen atoms in total. The zero-order chi connectivity index (χ0) is 17.5. The Morgan fingerprint density at radius 1 is 1.30 bits per heavy atom. The molecule has 0 aliphatic carbocycles. The zero-order valence-corrected chi connectivity index (χ0v) is 12.4. The van der Waals surface area contributed by atoms with Crippen molar-refractivity contribution in [1.82, 2.24) is 0 Å². The first kappa shape index (κ1) is 18.7. The van der Waals surface area contributed by atoms with Crippen molar-refractivity contribution in [1.29, 1.82) is 0 Å². The number of amides is 1. The van der Waals surface area contributed by atoms with Crippen molar-refractivity contribution in [2.75, 3.05) is 18.5 Å². The lowest BCUT2D eigenvalue weighted by atomic mass is 10.2. The normalized spacial score (nSPS) is 12.3. The maximum Gasteiger partial charge on any atom is 0.416 e. The van der Waals surface area contributed by atoms with E-state index in [1.807, 2.05) is 0 Å². The molecule has 126 valence electrons. The van der Waals surface area contributed by atoms with E-state index >= 15 is 0 Å². The number of ether oxygens (including phenoxy) is 2. The average Bonchev–Trinajstić information content (AvgIpc) is 2.49. The van der Waals surface area contributed by atoms with E-state index in [9.17, 15) is 22.8 Å². The van der Waals surface area contributed by atoms with Crippen molar-refractivity contribution in [2.24, 2.45) is 0 Å². The molecule has 23 heavy (non-hydrogen) atoms. The van der Waals surface area contributed by atoms with Crippen LogP contribution in [0, 0.1) is 0 Å². The molecule has 1 unspecified atom stereocenters. The molecule has 0 aliphatic heterocycles. The third-order valence-electron chi connectivity index (χ3n) is 2.64. The van der Waals surface area contributed by atoms with E-state index in [0.717, 1.165) is 24.3 Å². The summed E-state index contributed by atoms with van der Waals surface area (Å²) in [5.74, 6) is -1.40. The van der Waals surface area contributed by atoms with Gasteiger partial charge in [-0.3, -0.25) is 4.79 Å². The van der Waals surface area contributed by atoms with Crippen LogP contribution >= 0.6 is 0 Å². The molecule has 0 bridgehead atoms. The van der Waals surface area contributed by atoms with Gasteiger partial charge in [0.25, 0.3) is 5.91 Å². The van der Waals surface area contributed by atoms with Gasteiger partial charge in [-0.2, -0.15) is 13.2 Å². The minimum Gasteiger partial charge on any atom is -0.454 e. The van der Waals surface area contributed by atoms with E-state index in [2.05, 4.69) is 11.9 Å². The lowest BCUT2D eigenvalue weighted by molar-refractivity contribution is -0.157. The Kier molecular flexibility index (Phi) is 6.77. The molecule has 0 heterocycles. The number of carbonyl (C=O) groups is 2. The SMILES string of the molecule is C=CCOC(C)C(=O)OCC(=O)Nc1ccc(C(F)(F)F)cc1.